The fourth-order valence-electron chi connectivity index (χ4n) is 0.271. The van der Waals surface area contributed by atoms with Crippen LogP contribution in [0.2, 0.25) is 0 Å². The Morgan fingerprint density at radius 2 is 1.73 bits per heavy atom. The van der Waals surface area contributed by atoms with Crippen molar-refractivity contribution in [2.24, 2.45) is 0 Å². The second kappa shape index (κ2) is 3.33. The van der Waals surface area contributed by atoms with E-state index in [0.29, 0.717) is 0 Å². The number of carbonyl (C=O) groups is 2. The fourth-order valence-corrected chi connectivity index (χ4v) is 0.539. The van der Waals surface area contributed by atoms with Crippen LogP contribution < -0.4 is 0 Å². The van der Waals surface area contributed by atoms with Gasteiger partial charge < -0.3 is 0 Å². The molecular formula is C4H5AuO6. The molecule has 7 heteroatoms. The molecule has 0 aromatic carbocycles. The summed E-state index contributed by atoms with van der Waals surface area (Å²) in [4.78, 5) is 20.0. The number of carboxylic acids is 2. The van der Waals surface area contributed by atoms with Gasteiger partial charge in [0.2, 0.25) is 0 Å². The topological polar surface area (TPSA) is 115 Å². The average molecular weight is 346 g/mol. The Labute approximate surface area is 73.4 Å². The van der Waals surface area contributed by atoms with E-state index >= 15 is 0 Å². The first kappa shape index (κ1) is 10.6. The van der Waals surface area contributed by atoms with Crippen molar-refractivity contribution in [3.8, 4) is 0 Å². The molecule has 0 aromatic heterocycles. The van der Waals surface area contributed by atoms with Crippen LogP contribution in [0.5, 0.6) is 0 Å². The van der Waals surface area contributed by atoms with Crippen LogP contribution in [0.3, 0.4) is 0 Å². The predicted molar refractivity (Wildman–Crippen MR) is 26.2 cm³/mol. The molecule has 68 valence electrons. The van der Waals surface area contributed by atoms with E-state index in [-0.39, 0.29) is 0 Å². The van der Waals surface area contributed by atoms with E-state index in [9.17, 15) is 9.59 Å². The van der Waals surface area contributed by atoms with Gasteiger partial charge in [-0.1, -0.05) is 0 Å². The second-order valence-electron chi connectivity index (χ2n) is 1.66. The summed E-state index contributed by atoms with van der Waals surface area (Å²) in [5, 5.41) is 33.6. The van der Waals surface area contributed by atoms with Crippen LogP contribution in [0.15, 0.2) is 0 Å². The first-order valence-electron chi connectivity index (χ1n) is 2.32. The molecule has 6 nitrogen and oxygen atoms in total. The molecule has 0 fully saturated rings. The third-order valence-corrected chi connectivity index (χ3v) is 1.91. The molecule has 0 heterocycles. The van der Waals surface area contributed by atoms with Gasteiger partial charge in [-0.2, -0.15) is 0 Å². The van der Waals surface area contributed by atoms with Crippen LogP contribution in [0, 0.1) is 0 Å². The van der Waals surface area contributed by atoms with Crippen molar-refractivity contribution in [1.82, 2.24) is 0 Å². The first-order chi connectivity index (χ1) is 4.80. The van der Waals surface area contributed by atoms with Crippen LogP contribution in [0.25, 0.3) is 0 Å². The quantitative estimate of drug-likeness (QED) is 0.430. The minimum absolute atomic E-state index is 1.13. The summed E-state index contributed by atoms with van der Waals surface area (Å²) in [5.74, 6) is -3.60. The molecular weight excluding hydrogens is 341 g/mol. The molecule has 0 aliphatic carbocycles. The maximum atomic E-state index is 10.1. The molecule has 0 aliphatic rings. The molecule has 4 N–H and O–H groups in total. The normalized spacial score (nSPS) is 18.5. The SMILES string of the molecule is O=C(O)C(O)[C](O)([Au])C(=O)O. The molecule has 0 saturated heterocycles. The number of aliphatic hydroxyl groups is 2. The van der Waals surface area contributed by atoms with Crippen molar-refractivity contribution >= 4 is 11.9 Å². The maximum absolute atomic E-state index is 10.1. The van der Waals surface area contributed by atoms with Gasteiger partial charge in [-0.15, -0.1) is 0 Å². The van der Waals surface area contributed by atoms with Gasteiger partial charge in [0.15, 0.2) is 0 Å². The summed E-state index contributed by atoms with van der Waals surface area (Å²) < 4.78 is -2.70. The van der Waals surface area contributed by atoms with E-state index in [0.717, 1.165) is 21.1 Å². The van der Waals surface area contributed by atoms with E-state index in [1.54, 1.807) is 0 Å². The molecule has 0 saturated carbocycles. The third kappa shape index (κ3) is 2.28. The summed E-state index contributed by atoms with van der Waals surface area (Å²) in [6.45, 7) is 0. The summed E-state index contributed by atoms with van der Waals surface area (Å²) in [6, 6.07) is 0. The molecule has 0 aromatic rings. The van der Waals surface area contributed by atoms with E-state index in [1.807, 2.05) is 0 Å². The van der Waals surface area contributed by atoms with E-state index < -0.39 is 21.9 Å². The summed E-state index contributed by atoms with van der Waals surface area (Å²) >= 11 is 1.13. The van der Waals surface area contributed by atoms with Crippen molar-refractivity contribution < 1.29 is 51.1 Å². The number of rotatable bonds is 3. The molecule has 0 amide bonds. The zero-order chi connectivity index (χ0) is 9.23. The van der Waals surface area contributed by atoms with Gasteiger partial charge in [-0.05, 0) is 0 Å². The van der Waals surface area contributed by atoms with Crippen molar-refractivity contribution in [2.45, 2.75) is 9.92 Å². The monoisotopic (exact) mass is 346 g/mol. The van der Waals surface area contributed by atoms with Crippen molar-refractivity contribution in [3.63, 3.8) is 0 Å². The van der Waals surface area contributed by atoms with Gasteiger partial charge in [0.25, 0.3) is 0 Å². The Kier molecular flexibility index (Phi) is 3.21. The molecule has 2 unspecified atom stereocenters. The number of hydrogen-bond acceptors (Lipinski definition) is 4. The summed E-state index contributed by atoms with van der Waals surface area (Å²) in [5.41, 5.74) is 0. The Morgan fingerprint density at radius 1 is 1.36 bits per heavy atom. The van der Waals surface area contributed by atoms with Gasteiger partial charge in [0.1, 0.15) is 0 Å². The molecule has 0 aliphatic heterocycles. The standard InChI is InChI=1S/C4H5O6.Au/c5-1(3(7)8)2(6)4(9)10;/h1,5-6H,(H,7,8)(H,9,10);. The number of aliphatic carboxylic acids is 2. The predicted octanol–water partition coefficient (Wildman–Crippen LogP) is -2.25. The Bertz CT molecular complexity index is 187. The Hall–Kier alpha value is -0.400. The second-order valence-corrected chi connectivity index (χ2v) is 3.31. The molecule has 2 atom stereocenters. The zero-order valence-electron chi connectivity index (χ0n) is 4.98. The van der Waals surface area contributed by atoms with E-state index in [1.165, 1.54) is 0 Å². The fraction of sp³-hybridized carbons (Fsp3) is 0.500. The van der Waals surface area contributed by atoms with Gasteiger partial charge >= 0.3 is 72.9 Å². The molecule has 11 heavy (non-hydrogen) atoms. The van der Waals surface area contributed by atoms with Crippen LogP contribution >= 0.6 is 0 Å². The van der Waals surface area contributed by atoms with Crippen molar-refractivity contribution in [3.05, 3.63) is 0 Å². The average Bonchev–Trinajstić information content (AvgIpc) is 1.85. The molecule has 0 rings (SSSR count). The van der Waals surface area contributed by atoms with Crippen LogP contribution in [0.1, 0.15) is 0 Å². The third-order valence-electron chi connectivity index (χ3n) is 0.859. The zero-order valence-corrected chi connectivity index (χ0v) is 7.15. The summed E-state index contributed by atoms with van der Waals surface area (Å²) in [7, 11) is 0. The molecule has 0 spiro atoms. The van der Waals surface area contributed by atoms with Crippen molar-refractivity contribution in [1.29, 1.82) is 0 Å². The van der Waals surface area contributed by atoms with Gasteiger partial charge in [-0.25, -0.2) is 0 Å². The van der Waals surface area contributed by atoms with Crippen molar-refractivity contribution in [2.75, 3.05) is 0 Å². The minimum atomic E-state index is -2.70. The Balaban J connectivity index is 4.55. The summed E-state index contributed by atoms with van der Waals surface area (Å²) in [6.07, 6.45) is -2.34. The van der Waals surface area contributed by atoms with Gasteiger partial charge in [0, 0.05) is 0 Å². The number of carboxylic acid groups (broad SMARTS) is 2. The van der Waals surface area contributed by atoms with Gasteiger partial charge in [-0.3, -0.25) is 0 Å². The molecule has 0 bridgehead atoms. The number of aliphatic hydroxyl groups excluding tert-OH is 1. The van der Waals surface area contributed by atoms with Crippen LogP contribution in [-0.4, -0.2) is 42.3 Å². The van der Waals surface area contributed by atoms with Gasteiger partial charge in [0.05, 0.1) is 0 Å². The van der Waals surface area contributed by atoms with Crippen LogP contribution in [0.4, 0.5) is 0 Å². The first-order valence-corrected chi connectivity index (χ1v) is 3.40. The van der Waals surface area contributed by atoms with E-state index in [4.69, 9.17) is 20.4 Å². The number of hydrogen-bond donors (Lipinski definition) is 4. The van der Waals surface area contributed by atoms with E-state index in [2.05, 4.69) is 0 Å². The van der Waals surface area contributed by atoms with Crippen LogP contribution in [-0.2, 0) is 30.7 Å². The molecule has 0 radical (unpaired) electrons. The Morgan fingerprint density at radius 3 is 1.82 bits per heavy atom.